The normalized spacial score (nSPS) is 17.1. The Labute approximate surface area is 169 Å². The Bertz CT molecular complexity index is 830. The van der Waals surface area contributed by atoms with E-state index in [1.807, 2.05) is 44.2 Å². The Hall–Kier alpha value is -1.89. The molecule has 6 heteroatoms. The maximum absolute atomic E-state index is 14.4. The smallest absolute Gasteiger partial charge is 0.124 e. The molecule has 3 rings (SSSR count). The number of hydrogen-bond acceptors (Lipinski definition) is 5. The van der Waals surface area contributed by atoms with Crippen LogP contribution in [0.3, 0.4) is 0 Å². The Balaban J connectivity index is 1.84. The van der Waals surface area contributed by atoms with Crippen LogP contribution in [0.1, 0.15) is 37.8 Å². The standard InChI is InChI=1S/C22H26FNO3S/c1-15(2)21(24-25)16-4-6-19(7-5-16)28-20-13-17(12-18(23)14-20)22(26-3)8-10-27-11-9-22/h4-7,12-15,25H,8-11H2,1-3H3. The predicted octanol–water partition coefficient (Wildman–Crippen LogP) is 5.46. The van der Waals surface area contributed by atoms with Crippen molar-refractivity contribution >= 4 is 17.5 Å². The van der Waals surface area contributed by atoms with Crippen molar-refractivity contribution in [2.45, 2.75) is 42.1 Å². The Morgan fingerprint density at radius 3 is 2.39 bits per heavy atom. The summed E-state index contributed by atoms with van der Waals surface area (Å²) in [5, 5.41) is 12.6. The highest BCUT2D eigenvalue weighted by molar-refractivity contribution is 7.99. The summed E-state index contributed by atoms with van der Waals surface area (Å²) in [7, 11) is 1.68. The zero-order chi connectivity index (χ0) is 20.1. The highest BCUT2D eigenvalue weighted by Gasteiger charge is 2.35. The average molecular weight is 404 g/mol. The molecule has 1 heterocycles. The van der Waals surface area contributed by atoms with Crippen molar-refractivity contribution in [3.05, 3.63) is 59.4 Å². The Morgan fingerprint density at radius 1 is 1.14 bits per heavy atom. The van der Waals surface area contributed by atoms with Gasteiger partial charge >= 0.3 is 0 Å². The molecule has 4 nitrogen and oxygen atoms in total. The van der Waals surface area contributed by atoms with Gasteiger partial charge in [-0.1, -0.05) is 42.9 Å². The second kappa shape index (κ2) is 9.07. The van der Waals surface area contributed by atoms with Crippen LogP contribution in [0.5, 0.6) is 0 Å². The van der Waals surface area contributed by atoms with Gasteiger partial charge in [0.25, 0.3) is 0 Å². The van der Waals surface area contributed by atoms with E-state index < -0.39 is 5.60 Å². The van der Waals surface area contributed by atoms with Crippen molar-refractivity contribution in [1.82, 2.24) is 0 Å². The van der Waals surface area contributed by atoms with E-state index in [1.165, 1.54) is 11.8 Å². The highest BCUT2D eigenvalue weighted by Crippen LogP contribution is 2.39. The number of rotatable bonds is 6. The molecule has 0 amide bonds. The van der Waals surface area contributed by atoms with Crippen LogP contribution in [0, 0.1) is 11.7 Å². The predicted molar refractivity (Wildman–Crippen MR) is 109 cm³/mol. The van der Waals surface area contributed by atoms with Gasteiger partial charge in [-0.25, -0.2) is 4.39 Å². The third kappa shape index (κ3) is 4.57. The summed E-state index contributed by atoms with van der Waals surface area (Å²) in [4.78, 5) is 1.81. The summed E-state index contributed by atoms with van der Waals surface area (Å²) in [6.45, 7) is 5.18. The maximum atomic E-state index is 14.4. The van der Waals surface area contributed by atoms with Crippen LogP contribution in [-0.4, -0.2) is 31.2 Å². The molecule has 1 fully saturated rings. The van der Waals surface area contributed by atoms with Gasteiger partial charge in [0.2, 0.25) is 0 Å². The Morgan fingerprint density at radius 2 is 1.82 bits per heavy atom. The van der Waals surface area contributed by atoms with E-state index in [0.29, 0.717) is 31.8 Å². The monoisotopic (exact) mass is 403 g/mol. The lowest BCUT2D eigenvalue weighted by molar-refractivity contribution is -0.0950. The lowest BCUT2D eigenvalue weighted by atomic mass is 9.86. The summed E-state index contributed by atoms with van der Waals surface area (Å²) in [6.07, 6.45) is 1.43. The lowest BCUT2D eigenvalue weighted by Gasteiger charge is -2.36. The SMILES string of the molecule is COC1(c2cc(F)cc(Sc3ccc(C(=NO)C(C)C)cc3)c2)CCOCC1. The number of methoxy groups -OCH3 is 1. The third-order valence-corrected chi connectivity index (χ3v) is 6.11. The van der Waals surface area contributed by atoms with E-state index >= 15 is 0 Å². The highest BCUT2D eigenvalue weighted by atomic mass is 32.2. The maximum Gasteiger partial charge on any atom is 0.124 e. The van der Waals surface area contributed by atoms with Gasteiger partial charge in [-0.05, 0) is 47.4 Å². The third-order valence-electron chi connectivity index (χ3n) is 5.13. The summed E-state index contributed by atoms with van der Waals surface area (Å²) >= 11 is 1.50. The minimum atomic E-state index is -0.497. The molecule has 1 aliphatic heterocycles. The fourth-order valence-corrected chi connectivity index (χ4v) is 4.43. The van der Waals surface area contributed by atoms with Crippen LogP contribution in [0.25, 0.3) is 0 Å². The molecule has 0 aromatic heterocycles. The van der Waals surface area contributed by atoms with Crippen LogP contribution in [0.2, 0.25) is 0 Å². The molecule has 0 atom stereocenters. The van der Waals surface area contributed by atoms with Crippen LogP contribution < -0.4 is 0 Å². The van der Waals surface area contributed by atoms with E-state index in [1.54, 1.807) is 19.2 Å². The van der Waals surface area contributed by atoms with Crippen LogP contribution in [-0.2, 0) is 15.1 Å². The molecule has 150 valence electrons. The van der Waals surface area contributed by atoms with E-state index in [-0.39, 0.29) is 11.7 Å². The van der Waals surface area contributed by atoms with Crippen molar-refractivity contribution in [3.8, 4) is 0 Å². The van der Waals surface area contributed by atoms with Crippen molar-refractivity contribution in [3.63, 3.8) is 0 Å². The molecule has 0 unspecified atom stereocenters. The topological polar surface area (TPSA) is 51.0 Å². The van der Waals surface area contributed by atoms with E-state index in [4.69, 9.17) is 9.47 Å². The number of ether oxygens (including phenoxy) is 2. The average Bonchev–Trinajstić information content (AvgIpc) is 2.69. The summed E-state index contributed by atoms with van der Waals surface area (Å²) in [5.74, 6) is -0.145. The van der Waals surface area contributed by atoms with Crippen molar-refractivity contribution < 1.29 is 19.1 Å². The quantitative estimate of drug-likeness (QED) is 0.395. The fourth-order valence-electron chi connectivity index (χ4n) is 3.53. The molecule has 1 aliphatic rings. The zero-order valence-electron chi connectivity index (χ0n) is 16.4. The second-order valence-corrected chi connectivity index (χ2v) is 8.40. The van der Waals surface area contributed by atoms with Crippen LogP contribution in [0.4, 0.5) is 4.39 Å². The molecular formula is C22H26FNO3S. The molecule has 1 N–H and O–H groups in total. The summed E-state index contributed by atoms with van der Waals surface area (Å²) in [6, 6.07) is 12.9. The van der Waals surface area contributed by atoms with Gasteiger partial charge in [-0.2, -0.15) is 0 Å². The number of nitrogens with zero attached hydrogens (tertiary/aromatic N) is 1. The fraction of sp³-hybridized carbons (Fsp3) is 0.409. The van der Waals surface area contributed by atoms with Gasteiger partial charge < -0.3 is 14.7 Å². The van der Waals surface area contributed by atoms with Gasteiger partial charge in [0.1, 0.15) is 5.82 Å². The molecule has 28 heavy (non-hydrogen) atoms. The van der Waals surface area contributed by atoms with Gasteiger partial charge in [0.05, 0.1) is 11.3 Å². The van der Waals surface area contributed by atoms with E-state index in [9.17, 15) is 9.60 Å². The molecule has 2 aromatic rings. The largest absolute Gasteiger partial charge is 0.411 e. The second-order valence-electron chi connectivity index (χ2n) is 7.25. The molecule has 0 saturated carbocycles. The summed E-state index contributed by atoms with van der Waals surface area (Å²) < 4.78 is 25.6. The van der Waals surface area contributed by atoms with Gasteiger partial charge in [0, 0.05) is 43.0 Å². The number of oxime groups is 1. The first-order valence-corrected chi connectivity index (χ1v) is 10.2. The lowest BCUT2D eigenvalue weighted by Crippen LogP contribution is -2.35. The number of hydrogen-bond donors (Lipinski definition) is 1. The van der Waals surface area contributed by atoms with Crippen LogP contribution in [0.15, 0.2) is 57.4 Å². The van der Waals surface area contributed by atoms with Gasteiger partial charge in [0.15, 0.2) is 0 Å². The molecule has 0 spiro atoms. The molecule has 0 aliphatic carbocycles. The van der Waals surface area contributed by atoms with Gasteiger partial charge in [-0.15, -0.1) is 0 Å². The molecular weight excluding hydrogens is 377 g/mol. The Kier molecular flexibility index (Phi) is 6.75. The minimum Gasteiger partial charge on any atom is -0.411 e. The van der Waals surface area contributed by atoms with Crippen LogP contribution >= 0.6 is 11.8 Å². The first-order valence-electron chi connectivity index (χ1n) is 9.41. The zero-order valence-corrected chi connectivity index (χ0v) is 17.3. The van der Waals surface area contributed by atoms with E-state index in [0.717, 1.165) is 20.9 Å². The first-order chi connectivity index (χ1) is 13.5. The van der Waals surface area contributed by atoms with E-state index in [2.05, 4.69) is 5.16 Å². The summed E-state index contributed by atoms with van der Waals surface area (Å²) in [5.41, 5.74) is 1.88. The molecule has 0 bridgehead atoms. The minimum absolute atomic E-state index is 0.124. The molecule has 1 saturated heterocycles. The van der Waals surface area contributed by atoms with Crippen molar-refractivity contribution in [2.24, 2.45) is 11.1 Å². The van der Waals surface area contributed by atoms with Crippen molar-refractivity contribution in [1.29, 1.82) is 0 Å². The first kappa shape index (κ1) is 20.8. The number of benzene rings is 2. The molecule has 0 radical (unpaired) electrons. The van der Waals surface area contributed by atoms with Gasteiger partial charge in [-0.3, -0.25) is 0 Å². The van der Waals surface area contributed by atoms with Crippen molar-refractivity contribution in [2.75, 3.05) is 20.3 Å². The number of halogens is 1. The molecule has 2 aromatic carbocycles.